The summed E-state index contributed by atoms with van der Waals surface area (Å²) in [5.74, 6) is 1.78. The number of phenolic OH excluding ortho intramolecular Hbond substituents is 1. The summed E-state index contributed by atoms with van der Waals surface area (Å²) in [5.41, 5.74) is 3.38. The van der Waals surface area contributed by atoms with Crippen LogP contribution in [-0.4, -0.2) is 39.3 Å². The zero-order valence-electron chi connectivity index (χ0n) is 19.7. The summed E-state index contributed by atoms with van der Waals surface area (Å²) >= 11 is 0. The first-order valence-corrected chi connectivity index (χ1v) is 10.6. The Kier molecular flexibility index (Phi) is 8.35. The average molecular weight is 461 g/mol. The molecule has 0 radical (unpaired) electrons. The maximum atomic E-state index is 12.5. The molecule has 0 saturated carbocycles. The monoisotopic (exact) mass is 460 g/mol. The van der Waals surface area contributed by atoms with Crippen LogP contribution in [0.3, 0.4) is 0 Å². The molecule has 0 aliphatic heterocycles. The van der Waals surface area contributed by atoms with Crippen molar-refractivity contribution < 1.29 is 28.8 Å². The molecule has 0 aliphatic carbocycles. The van der Waals surface area contributed by atoms with E-state index in [0.29, 0.717) is 35.0 Å². The van der Waals surface area contributed by atoms with Crippen LogP contribution in [0.25, 0.3) is 12.2 Å². The lowest BCUT2D eigenvalue weighted by molar-refractivity contribution is 0.104. The Balaban J connectivity index is 1.77. The van der Waals surface area contributed by atoms with E-state index in [9.17, 15) is 9.90 Å². The quantitative estimate of drug-likeness (QED) is 0.242. The van der Waals surface area contributed by atoms with E-state index >= 15 is 0 Å². The fourth-order valence-electron chi connectivity index (χ4n) is 3.50. The largest absolute Gasteiger partial charge is 0.504 e. The first-order valence-electron chi connectivity index (χ1n) is 10.6. The number of rotatable bonds is 10. The Morgan fingerprint density at radius 1 is 0.824 bits per heavy atom. The summed E-state index contributed by atoms with van der Waals surface area (Å²) in [6.07, 6.45) is 7.88. The van der Waals surface area contributed by atoms with Gasteiger partial charge in [-0.1, -0.05) is 42.5 Å². The molecular weight excluding hydrogens is 432 g/mol. The van der Waals surface area contributed by atoms with Gasteiger partial charge < -0.3 is 24.1 Å². The molecule has 0 aromatic heterocycles. The van der Waals surface area contributed by atoms with Crippen molar-refractivity contribution in [2.75, 3.05) is 28.4 Å². The summed E-state index contributed by atoms with van der Waals surface area (Å²) in [5, 5.41) is 9.90. The van der Waals surface area contributed by atoms with Crippen molar-refractivity contribution in [3.63, 3.8) is 0 Å². The molecule has 0 atom stereocenters. The molecule has 3 aromatic carbocycles. The number of carbonyl (C=O) groups is 1. The third-order valence-corrected chi connectivity index (χ3v) is 5.27. The Morgan fingerprint density at radius 2 is 1.50 bits per heavy atom. The molecule has 0 amide bonds. The molecular formula is C28H28O6. The van der Waals surface area contributed by atoms with Crippen molar-refractivity contribution in [2.24, 2.45) is 0 Å². The molecule has 0 heterocycles. The summed E-state index contributed by atoms with van der Waals surface area (Å²) in [7, 11) is 6.20. The zero-order chi connectivity index (χ0) is 24.5. The smallest absolute Gasteiger partial charge is 0.203 e. The van der Waals surface area contributed by atoms with Crippen molar-refractivity contribution in [2.45, 2.75) is 6.42 Å². The molecule has 6 nitrogen and oxygen atoms in total. The van der Waals surface area contributed by atoms with Crippen molar-refractivity contribution in [1.29, 1.82) is 0 Å². The minimum atomic E-state index is -0.191. The predicted molar refractivity (Wildman–Crippen MR) is 133 cm³/mol. The lowest BCUT2D eigenvalue weighted by Gasteiger charge is -2.13. The fraction of sp³-hybridized carbons (Fsp3) is 0.179. The van der Waals surface area contributed by atoms with Gasteiger partial charge in [0.2, 0.25) is 5.75 Å². The minimum Gasteiger partial charge on any atom is -0.504 e. The molecule has 0 unspecified atom stereocenters. The number of ketones is 1. The van der Waals surface area contributed by atoms with E-state index in [0.717, 1.165) is 16.7 Å². The van der Waals surface area contributed by atoms with Gasteiger partial charge in [-0.25, -0.2) is 0 Å². The second-order valence-corrected chi connectivity index (χ2v) is 7.35. The Morgan fingerprint density at radius 3 is 2.12 bits per heavy atom. The second-order valence-electron chi connectivity index (χ2n) is 7.35. The number of aromatic hydroxyl groups is 1. The van der Waals surface area contributed by atoms with Crippen LogP contribution in [-0.2, 0) is 6.42 Å². The fourth-order valence-corrected chi connectivity index (χ4v) is 3.50. The van der Waals surface area contributed by atoms with Gasteiger partial charge in [0.1, 0.15) is 0 Å². The van der Waals surface area contributed by atoms with Crippen LogP contribution in [0, 0.1) is 0 Å². The van der Waals surface area contributed by atoms with Crippen molar-refractivity contribution >= 4 is 17.9 Å². The molecule has 0 aliphatic rings. The second kappa shape index (κ2) is 11.6. The Labute approximate surface area is 199 Å². The highest BCUT2D eigenvalue weighted by atomic mass is 16.5. The highest BCUT2D eigenvalue weighted by Crippen LogP contribution is 2.38. The van der Waals surface area contributed by atoms with Crippen molar-refractivity contribution in [1.82, 2.24) is 0 Å². The van der Waals surface area contributed by atoms with Crippen LogP contribution in [0.1, 0.15) is 27.0 Å². The first-order chi connectivity index (χ1) is 16.5. The van der Waals surface area contributed by atoms with Crippen LogP contribution >= 0.6 is 0 Å². The molecule has 3 aromatic rings. The normalized spacial score (nSPS) is 11.1. The zero-order valence-corrected chi connectivity index (χ0v) is 19.7. The van der Waals surface area contributed by atoms with Gasteiger partial charge in [-0.15, -0.1) is 0 Å². The molecule has 3 rings (SSSR count). The highest BCUT2D eigenvalue weighted by Gasteiger charge is 2.12. The number of hydrogen-bond acceptors (Lipinski definition) is 6. The summed E-state index contributed by atoms with van der Waals surface area (Å²) in [6.45, 7) is 0. The van der Waals surface area contributed by atoms with E-state index in [-0.39, 0.29) is 11.5 Å². The number of allylic oxidation sites excluding steroid dienone is 2. The van der Waals surface area contributed by atoms with Gasteiger partial charge in [0.15, 0.2) is 28.8 Å². The molecule has 34 heavy (non-hydrogen) atoms. The standard InChI is InChI=1S/C28H28O6/c1-31-25-15-14-22(18-24(25)30)23(29)11-7-10-20-8-5-6-9-21(20)13-12-19-16-26(32-2)28(34-4)27(17-19)33-3/h5-9,11-18,30H,10H2,1-4H3/b11-7-,13-12-. The summed E-state index contributed by atoms with van der Waals surface area (Å²) < 4.78 is 21.2. The molecule has 0 spiro atoms. The molecule has 0 bridgehead atoms. The third kappa shape index (κ3) is 5.78. The van der Waals surface area contributed by atoms with E-state index in [1.54, 1.807) is 33.5 Å². The number of ether oxygens (including phenoxy) is 4. The predicted octanol–water partition coefficient (Wildman–Crippen LogP) is 5.58. The van der Waals surface area contributed by atoms with Crippen LogP contribution in [0.5, 0.6) is 28.7 Å². The molecule has 176 valence electrons. The maximum Gasteiger partial charge on any atom is 0.203 e. The van der Waals surface area contributed by atoms with Gasteiger partial charge in [0.25, 0.3) is 0 Å². The lowest BCUT2D eigenvalue weighted by Crippen LogP contribution is -1.96. The Bertz CT molecular complexity index is 1180. The number of phenols is 1. The molecule has 6 heteroatoms. The van der Waals surface area contributed by atoms with Crippen molar-refractivity contribution in [3.8, 4) is 28.7 Å². The van der Waals surface area contributed by atoms with Gasteiger partial charge in [-0.3, -0.25) is 4.79 Å². The minimum absolute atomic E-state index is 0.0657. The van der Waals surface area contributed by atoms with Gasteiger partial charge >= 0.3 is 0 Å². The number of benzene rings is 3. The van der Waals surface area contributed by atoms with Gasteiger partial charge in [-0.2, -0.15) is 0 Å². The molecule has 0 saturated heterocycles. The SMILES string of the molecule is COc1ccc(C(=O)/C=C\Cc2ccccc2/C=C\c2cc(OC)c(OC)c(OC)c2)cc1O. The van der Waals surface area contributed by atoms with Crippen molar-refractivity contribution in [3.05, 3.63) is 89.0 Å². The van der Waals surface area contributed by atoms with E-state index in [2.05, 4.69) is 0 Å². The molecule has 1 N–H and O–H groups in total. The number of carbonyl (C=O) groups excluding carboxylic acids is 1. The Hall–Kier alpha value is -4.19. The van der Waals surface area contributed by atoms with Gasteiger partial charge in [0, 0.05) is 5.56 Å². The first kappa shape index (κ1) is 24.5. The van der Waals surface area contributed by atoms with Gasteiger partial charge in [-0.05, 0) is 59.5 Å². The van der Waals surface area contributed by atoms with Crippen LogP contribution in [0.4, 0.5) is 0 Å². The number of hydrogen-bond donors (Lipinski definition) is 1. The van der Waals surface area contributed by atoms with E-state index in [1.165, 1.54) is 19.3 Å². The average Bonchev–Trinajstić information content (AvgIpc) is 2.87. The van der Waals surface area contributed by atoms with E-state index in [4.69, 9.17) is 18.9 Å². The molecule has 0 fully saturated rings. The van der Waals surface area contributed by atoms with Crippen LogP contribution in [0.15, 0.2) is 66.7 Å². The summed E-state index contributed by atoms with van der Waals surface area (Å²) in [4.78, 5) is 12.5. The van der Waals surface area contributed by atoms with Gasteiger partial charge in [0.05, 0.1) is 28.4 Å². The lowest BCUT2D eigenvalue weighted by atomic mass is 10.0. The van der Waals surface area contributed by atoms with E-state index < -0.39 is 0 Å². The van der Waals surface area contributed by atoms with E-state index in [1.807, 2.05) is 54.6 Å². The van der Waals surface area contributed by atoms with Crippen LogP contribution in [0.2, 0.25) is 0 Å². The topological polar surface area (TPSA) is 74.2 Å². The maximum absolute atomic E-state index is 12.5. The highest BCUT2D eigenvalue weighted by molar-refractivity contribution is 6.04. The number of methoxy groups -OCH3 is 4. The summed E-state index contributed by atoms with van der Waals surface area (Å²) in [6, 6.07) is 16.3. The van der Waals surface area contributed by atoms with Crippen LogP contribution < -0.4 is 18.9 Å². The third-order valence-electron chi connectivity index (χ3n) is 5.27.